The van der Waals surface area contributed by atoms with E-state index >= 15 is 0 Å². The summed E-state index contributed by atoms with van der Waals surface area (Å²) in [7, 11) is 0. The number of nitrogens with zero attached hydrogens (tertiary/aromatic N) is 1. The Bertz CT molecular complexity index is 372. The van der Waals surface area contributed by atoms with Gasteiger partial charge in [-0.15, -0.1) is 11.8 Å². The van der Waals surface area contributed by atoms with Crippen molar-refractivity contribution in [1.82, 2.24) is 0 Å². The predicted molar refractivity (Wildman–Crippen MR) is 73.7 cm³/mol. The first-order chi connectivity index (χ1) is 7.45. The van der Waals surface area contributed by atoms with Crippen LogP contribution < -0.4 is 0 Å². The van der Waals surface area contributed by atoms with Crippen molar-refractivity contribution in [3.8, 4) is 0 Å². The molecule has 0 N–H and O–H groups in total. The standard InChI is InChI=1S/C12H17NOS2/c1-12(2,3)16(14)13-9-10-7-5-6-8-11(10)15-4/h5-9H,1-4H3/b13-9+/t16-/m0/s1. The maximum Gasteiger partial charge on any atom is 0.144 e. The van der Waals surface area contributed by atoms with Crippen molar-refractivity contribution >= 4 is 29.3 Å². The SMILES string of the molecule is CSc1ccccc1/C=N/[S@@+]([O-])C(C)(C)C. The van der Waals surface area contributed by atoms with E-state index in [9.17, 15) is 4.55 Å². The molecule has 0 fully saturated rings. The van der Waals surface area contributed by atoms with Gasteiger partial charge in [-0.2, -0.15) is 0 Å². The number of rotatable bonds is 3. The van der Waals surface area contributed by atoms with Gasteiger partial charge in [0, 0.05) is 10.5 Å². The molecule has 2 nitrogen and oxygen atoms in total. The van der Waals surface area contributed by atoms with Gasteiger partial charge < -0.3 is 4.55 Å². The quantitative estimate of drug-likeness (QED) is 0.472. The van der Waals surface area contributed by atoms with Crippen LogP contribution in [0.15, 0.2) is 33.6 Å². The van der Waals surface area contributed by atoms with Gasteiger partial charge in [-0.1, -0.05) is 22.6 Å². The maximum absolute atomic E-state index is 11.7. The highest BCUT2D eigenvalue weighted by atomic mass is 32.2. The highest BCUT2D eigenvalue weighted by Crippen LogP contribution is 2.20. The van der Waals surface area contributed by atoms with E-state index in [-0.39, 0.29) is 4.75 Å². The zero-order chi connectivity index (χ0) is 12.2. The third-order valence-corrected chi connectivity index (χ3v) is 4.11. The molecule has 1 rings (SSSR count). The highest BCUT2D eigenvalue weighted by Gasteiger charge is 2.25. The van der Waals surface area contributed by atoms with E-state index in [1.165, 1.54) is 0 Å². The molecule has 0 saturated carbocycles. The lowest BCUT2D eigenvalue weighted by atomic mass is 10.2. The van der Waals surface area contributed by atoms with Gasteiger partial charge in [-0.3, -0.25) is 0 Å². The second kappa shape index (κ2) is 5.75. The number of hydrogen-bond acceptors (Lipinski definition) is 3. The van der Waals surface area contributed by atoms with E-state index in [2.05, 4.69) is 4.40 Å². The second-order valence-electron chi connectivity index (χ2n) is 4.34. The summed E-state index contributed by atoms with van der Waals surface area (Å²) in [6.07, 6.45) is 3.72. The van der Waals surface area contributed by atoms with E-state index in [1.807, 2.05) is 51.3 Å². The molecule has 0 aliphatic rings. The Kier molecular flexibility index (Phi) is 4.89. The van der Waals surface area contributed by atoms with Crippen LogP contribution in [0, 0.1) is 0 Å². The number of thioether (sulfide) groups is 1. The van der Waals surface area contributed by atoms with Gasteiger partial charge in [0.1, 0.15) is 16.1 Å². The van der Waals surface area contributed by atoms with Crippen LogP contribution in [0.2, 0.25) is 0 Å². The summed E-state index contributed by atoms with van der Waals surface area (Å²) in [6, 6.07) is 7.96. The van der Waals surface area contributed by atoms with Crippen molar-refractivity contribution in [3.05, 3.63) is 29.8 Å². The minimum absolute atomic E-state index is 0.301. The topological polar surface area (TPSA) is 35.4 Å². The summed E-state index contributed by atoms with van der Waals surface area (Å²) in [4.78, 5) is 1.15. The molecular formula is C12H17NOS2. The van der Waals surface area contributed by atoms with Crippen LogP contribution in [0.25, 0.3) is 0 Å². The molecule has 0 heterocycles. The number of benzene rings is 1. The minimum Gasteiger partial charge on any atom is -0.591 e. The van der Waals surface area contributed by atoms with Crippen LogP contribution in [0.4, 0.5) is 0 Å². The van der Waals surface area contributed by atoms with Crippen molar-refractivity contribution in [2.75, 3.05) is 6.26 Å². The summed E-state index contributed by atoms with van der Waals surface area (Å²) in [5, 5.41) is 0. The van der Waals surface area contributed by atoms with Crippen molar-refractivity contribution in [2.24, 2.45) is 4.40 Å². The third-order valence-electron chi connectivity index (χ3n) is 1.95. The van der Waals surface area contributed by atoms with Crippen molar-refractivity contribution in [1.29, 1.82) is 0 Å². The first-order valence-corrected chi connectivity index (χ1v) is 7.37. The maximum atomic E-state index is 11.7. The van der Waals surface area contributed by atoms with Crippen molar-refractivity contribution in [2.45, 2.75) is 30.4 Å². The molecule has 1 aromatic carbocycles. The lowest BCUT2D eigenvalue weighted by Crippen LogP contribution is -2.25. The molecule has 1 atom stereocenters. The van der Waals surface area contributed by atoms with E-state index in [4.69, 9.17) is 0 Å². The molecule has 88 valence electrons. The smallest absolute Gasteiger partial charge is 0.144 e. The average Bonchev–Trinajstić information content (AvgIpc) is 2.24. The molecule has 0 unspecified atom stereocenters. The Hall–Kier alpha value is -0.450. The van der Waals surface area contributed by atoms with E-state index in [0.29, 0.717) is 0 Å². The van der Waals surface area contributed by atoms with Crippen LogP contribution >= 0.6 is 11.8 Å². The fraction of sp³-hybridized carbons (Fsp3) is 0.417. The van der Waals surface area contributed by atoms with E-state index in [0.717, 1.165) is 10.5 Å². The Labute approximate surface area is 105 Å². The molecule has 0 saturated heterocycles. The van der Waals surface area contributed by atoms with Gasteiger partial charge >= 0.3 is 0 Å². The first kappa shape index (κ1) is 13.6. The fourth-order valence-electron chi connectivity index (χ4n) is 1.04. The molecule has 0 aromatic heterocycles. The molecule has 0 aliphatic carbocycles. The lowest BCUT2D eigenvalue weighted by Gasteiger charge is -2.17. The van der Waals surface area contributed by atoms with Crippen molar-refractivity contribution < 1.29 is 4.55 Å². The minimum atomic E-state index is -1.19. The van der Waals surface area contributed by atoms with Gasteiger partial charge in [0.25, 0.3) is 0 Å². The Morgan fingerprint density at radius 1 is 1.31 bits per heavy atom. The van der Waals surface area contributed by atoms with Gasteiger partial charge in [-0.25, -0.2) is 0 Å². The molecule has 0 aliphatic heterocycles. The largest absolute Gasteiger partial charge is 0.591 e. The molecule has 0 amide bonds. The van der Waals surface area contributed by atoms with Gasteiger partial charge in [0.15, 0.2) is 0 Å². The van der Waals surface area contributed by atoms with Gasteiger partial charge in [-0.05, 0) is 33.1 Å². The summed E-state index contributed by atoms with van der Waals surface area (Å²) < 4.78 is 15.6. The summed E-state index contributed by atoms with van der Waals surface area (Å²) in [5.74, 6) is 0. The van der Waals surface area contributed by atoms with Crippen LogP contribution in [0.5, 0.6) is 0 Å². The Morgan fingerprint density at radius 2 is 1.94 bits per heavy atom. The Balaban J connectivity index is 2.84. The third kappa shape index (κ3) is 3.85. The van der Waals surface area contributed by atoms with Gasteiger partial charge in [0.05, 0.1) is 6.21 Å². The summed E-state index contributed by atoms with van der Waals surface area (Å²) >= 11 is 0.476. The number of hydrogen-bond donors (Lipinski definition) is 0. The van der Waals surface area contributed by atoms with Crippen LogP contribution in [0.3, 0.4) is 0 Å². The van der Waals surface area contributed by atoms with Crippen LogP contribution in [-0.4, -0.2) is 21.8 Å². The zero-order valence-electron chi connectivity index (χ0n) is 10.1. The average molecular weight is 255 g/mol. The molecular weight excluding hydrogens is 238 g/mol. The second-order valence-corrected chi connectivity index (χ2v) is 7.12. The van der Waals surface area contributed by atoms with Crippen LogP contribution in [0.1, 0.15) is 26.3 Å². The molecule has 16 heavy (non-hydrogen) atoms. The molecule has 0 radical (unpaired) electrons. The first-order valence-electron chi connectivity index (χ1n) is 5.04. The molecule has 0 bridgehead atoms. The highest BCUT2D eigenvalue weighted by molar-refractivity contribution is 7.98. The lowest BCUT2D eigenvalue weighted by molar-refractivity contribution is 0.562. The summed E-state index contributed by atoms with van der Waals surface area (Å²) in [6.45, 7) is 5.75. The fourth-order valence-corrected chi connectivity index (χ4v) is 2.13. The Morgan fingerprint density at radius 3 is 2.50 bits per heavy atom. The monoisotopic (exact) mass is 255 g/mol. The van der Waals surface area contributed by atoms with E-state index in [1.54, 1.807) is 18.0 Å². The molecule has 1 aromatic rings. The van der Waals surface area contributed by atoms with Crippen molar-refractivity contribution in [3.63, 3.8) is 0 Å². The van der Waals surface area contributed by atoms with Gasteiger partial charge in [0.2, 0.25) is 0 Å². The van der Waals surface area contributed by atoms with E-state index < -0.39 is 11.4 Å². The summed E-state index contributed by atoms with van der Waals surface area (Å²) in [5.41, 5.74) is 1.02. The molecule has 4 heteroatoms. The molecule has 0 spiro atoms. The normalized spacial score (nSPS) is 14.3. The predicted octanol–water partition coefficient (Wildman–Crippen LogP) is 3.29. The van der Waals surface area contributed by atoms with Crippen LogP contribution in [-0.2, 0) is 11.4 Å². The zero-order valence-corrected chi connectivity index (χ0v) is 11.7.